The van der Waals surface area contributed by atoms with Gasteiger partial charge in [0.2, 0.25) is 11.7 Å². The molecule has 1 aromatic rings. The van der Waals surface area contributed by atoms with Crippen molar-refractivity contribution in [2.45, 2.75) is 27.2 Å². The van der Waals surface area contributed by atoms with Crippen LogP contribution in [-0.4, -0.2) is 27.2 Å². The van der Waals surface area contributed by atoms with E-state index in [1.165, 1.54) is 0 Å². The van der Waals surface area contributed by atoms with E-state index in [-0.39, 0.29) is 5.91 Å². The first kappa shape index (κ1) is 16.1. The summed E-state index contributed by atoms with van der Waals surface area (Å²) in [7, 11) is 4.62. The number of nitrogens with one attached hydrogen (secondary N) is 1. The Balaban J connectivity index is 3.11. The minimum absolute atomic E-state index is 0.0470. The second kappa shape index (κ2) is 6.50. The minimum atomic E-state index is -0.430. The van der Waals surface area contributed by atoms with Crippen molar-refractivity contribution in [3.05, 3.63) is 12.1 Å². The van der Waals surface area contributed by atoms with Gasteiger partial charge in [0.25, 0.3) is 0 Å². The van der Waals surface area contributed by atoms with Crippen LogP contribution in [0.4, 0.5) is 5.69 Å². The zero-order valence-corrected chi connectivity index (χ0v) is 13.0. The Labute approximate surface area is 120 Å². The van der Waals surface area contributed by atoms with Crippen molar-refractivity contribution in [3.8, 4) is 17.2 Å². The van der Waals surface area contributed by atoms with Gasteiger partial charge in [0.1, 0.15) is 0 Å². The topological polar surface area (TPSA) is 56.8 Å². The summed E-state index contributed by atoms with van der Waals surface area (Å²) >= 11 is 0. The number of carbonyl (C=O) groups excluding carboxylic acids is 1. The normalized spacial score (nSPS) is 10.9. The van der Waals surface area contributed by atoms with Gasteiger partial charge in [0.05, 0.1) is 21.3 Å². The van der Waals surface area contributed by atoms with Crippen molar-refractivity contribution >= 4 is 11.6 Å². The lowest BCUT2D eigenvalue weighted by Crippen LogP contribution is -2.30. The molecular weight excluding hydrogens is 258 g/mol. The summed E-state index contributed by atoms with van der Waals surface area (Å²) in [6.45, 7) is 5.79. The third-order valence-corrected chi connectivity index (χ3v) is 3.42. The summed E-state index contributed by atoms with van der Waals surface area (Å²) in [5.41, 5.74) is 0.187. The van der Waals surface area contributed by atoms with E-state index in [2.05, 4.69) is 5.32 Å². The molecule has 1 rings (SSSR count). The molecule has 0 saturated heterocycles. The summed E-state index contributed by atoms with van der Waals surface area (Å²) in [6.07, 6.45) is 0.753. The number of methoxy groups -OCH3 is 3. The van der Waals surface area contributed by atoms with Gasteiger partial charge in [-0.25, -0.2) is 0 Å². The van der Waals surface area contributed by atoms with Gasteiger partial charge in [-0.15, -0.1) is 0 Å². The molecule has 0 heterocycles. The van der Waals surface area contributed by atoms with E-state index >= 15 is 0 Å². The van der Waals surface area contributed by atoms with Crippen LogP contribution in [0.2, 0.25) is 0 Å². The predicted molar refractivity (Wildman–Crippen MR) is 78.8 cm³/mol. The van der Waals surface area contributed by atoms with E-state index in [0.717, 1.165) is 6.42 Å². The molecule has 0 saturated carbocycles. The van der Waals surface area contributed by atoms with Crippen molar-refractivity contribution in [2.75, 3.05) is 26.6 Å². The number of benzene rings is 1. The highest BCUT2D eigenvalue weighted by molar-refractivity contribution is 5.95. The second-order valence-corrected chi connectivity index (χ2v) is 5.11. The van der Waals surface area contributed by atoms with E-state index in [0.29, 0.717) is 22.9 Å². The van der Waals surface area contributed by atoms with E-state index in [4.69, 9.17) is 14.2 Å². The first-order valence-corrected chi connectivity index (χ1v) is 6.51. The van der Waals surface area contributed by atoms with Crippen molar-refractivity contribution in [2.24, 2.45) is 5.41 Å². The lowest BCUT2D eigenvalue weighted by Gasteiger charge is -2.22. The highest BCUT2D eigenvalue weighted by Gasteiger charge is 2.26. The molecule has 1 aromatic carbocycles. The van der Waals surface area contributed by atoms with Crippen LogP contribution < -0.4 is 19.5 Å². The maximum Gasteiger partial charge on any atom is 0.230 e. The average molecular weight is 281 g/mol. The Morgan fingerprint density at radius 3 is 1.95 bits per heavy atom. The van der Waals surface area contributed by atoms with Gasteiger partial charge in [-0.3, -0.25) is 4.79 Å². The number of amides is 1. The van der Waals surface area contributed by atoms with Gasteiger partial charge >= 0.3 is 0 Å². The quantitative estimate of drug-likeness (QED) is 0.870. The fourth-order valence-electron chi connectivity index (χ4n) is 1.61. The maximum atomic E-state index is 12.2. The van der Waals surface area contributed by atoms with E-state index < -0.39 is 5.41 Å². The van der Waals surface area contributed by atoms with Crippen molar-refractivity contribution in [1.29, 1.82) is 0 Å². The van der Waals surface area contributed by atoms with Crippen LogP contribution in [-0.2, 0) is 4.79 Å². The highest BCUT2D eigenvalue weighted by atomic mass is 16.5. The Hall–Kier alpha value is -1.91. The molecule has 1 N–H and O–H groups in total. The Morgan fingerprint density at radius 2 is 1.60 bits per heavy atom. The van der Waals surface area contributed by atoms with Crippen molar-refractivity contribution < 1.29 is 19.0 Å². The first-order valence-electron chi connectivity index (χ1n) is 6.51. The molecule has 0 aliphatic rings. The van der Waals surface area contributed by atoms with Crippen LogP contribution >= 0.6 is 0 Å². The molecule has 5 heteroatoms. The number of hydrogen-bond donors (Lipinski definition) is 1. The maximum absolute atomic E-state index is 12.2. The number of ether oxygens (including phenoxy) is 3. The van der Waals surface area contributed by atoms with Gasteiger partial charge in [-0.1, -0.05) is 20.8 Å². The zero-order valence-electron chi connectivity index (χ0n) is 13.0. The summed E-state index contributed by atoms with van der Waals surface area (Å²) in [5, 5.41) is 2.88. The molecule has 112 valence electrons. The monoisotopic (exact) mass is 281 g/mol. The molecule has 0 unspecified atom stereocenters. The van der Waals surface area contributed by atoms with Gasteiger partial charge in [-0.05, 0) is 6.42 Å². The molecule has 0 aliphatic carbocycles. The van der Waals surface area contributed by atoms with Gasteiger partial charge < -0.3 is 19.5 Å². The van der Waals surface area contributed by atoms with Crippen molar-refractivity contribution in [1.82, 2.24) is 0 Å². The Bertz CT molecular complexity index is 458. The van der Waals surface area contributed by atoms with Gasteiger partial charge in [-0.2, -0.15) is 0 Å². The molecule has 1 amide bonds. The molecule has 0 radical (unpaired) electrons. The average Bonchev–Trinajstić information content (AvgIpc) is 2.45. The number of hydrogen-bond acceptors (Lipinski definition) is 4. The number of carbonyl (C=O) groups is 1. The largest absolute Gasteiger partial charge is 0.493 e. The second-order valence-electron chi connectivity index (χ2n) is 5.11. The van der Waals surface area contributed by atoms with Gasteiger partial charge in [0.15, 0.2) is 11.5 Å². The number of rotatable bonds is 6. The van der Waals surface area contributed by atoms with Gasteiger partial charge in [0, 0.05) is 23.2 Å². The third kappa shape index (κ3) is 3.35. The Kier molecular flexibility index (Phi) is 5.25. The van der Waals surface area contributed by atoms with Crippen LogP contribution in [0, 0.1) is 5.41 Å². The summed E-state index contributed by atoms with van der Waals surface area (Å²) < 4.78 is 15.8. The minimum Gasteiger partial charge on any atom is -0.493 e. The van der Waals surface area contributed by atoms with Crippen LogP contribution in [0.15, 0.2) is 12.1 Å². The van der Waals surface area contributed by atoms with Crippen LogP contribution in [0.5, 0.6) is 17.2 Å². The third-order valence-electron chi connectivity index (χ3n) is 3.42. The molecule has 0 spiro atoms. The fraction of sp³-hybridized carbons (Fsp3) is 0.533. The lowest BCUT2D eigenvalue weighted by molar-refractivity contribution is -0.124. The molecule has 20 heavy (non-hydrogen) atoms. The number of anilines is 1. The van der Waals surface area contributed by atoms with Crippen LogP contribution in [0.3, 0.4) is 0 Å². The van der Waals surface area contributed by atoms with E-state index in [1.807, 2.05) is 20.8 Å². The molecule has 0 fully saturated rings. The van der Waals surface area contributed by atoms with E-state index in [9.17, 15) is 4.79 Å². The van der Waals surface area contributed by atoms with Crippen LogP contribution in [0.25, 0.3) is 0 Å². The molecule has 0 aromatic heterocycles. The SMILES string of the molecule is CCC(C)(C)C(=O)Nc1cc(OC)c(OC)c(OC)c1. The molecule has 0 bridgehead atoms. The molecule has 5 nitrogen and oxygen atoms in total. The smallest absolute Gasteiger partial charge is 0.230 e. The summed E-state index contributed by atoms with van der Waals surface area (Å²) in [4.78, 5) is 12.2. The molecular formula is C15H23NO4. The summed E-state index contributed by atoms with van der Waals surface area (Å²) in [6, 6.07) is 3.43. The molecule has 0 atom stereocenters. The fourth-order valence-corrected chi connectivity index (χ4v) is 1.61. The van der Waals surface area contributed by atoms with Crippen LogP contribution in [0.1, 0.15) is 27.2 Å². The Morgan fingerprint density at radius 1 is 1.10 bits per heavy atom. The van der Waals surface area contributed by atoms with Crippen molar-refractivity contribution in [3.63, 3.8) is 0 Å². The zero-order chi connectivity index (χ0) is 15.3. The first-order chi connectivity index (χ1) is 9.39. The van der Waals surface area contributed by atoms with E-state index in [1.54, 1.807) is 33.5 Å². The predicted octanol–water partition coefficient (Wildman–Crippen LogP) is 3.09. The highest BCUT2D eigenvalue weighted by Crippen LogP contribution is 2.40. The molecule has 0 aliphatic heterocycles. The standard InChI is InChI=1S/C15H23NO4/c1-7-15(2,3)14(17)16-10-8-11(18-4)13(20-6)12(9-10)19-5/h8-9H,7H2,1-6H3,(H,16,17). The lowest BCUT2D eigenvalue weighted by atomic mass is 9.89. The summed E-state index contributed by atoms with van der Waals surface area (Å²) in [5.74, 6) is 1.48.